The van der Waals surface area contributed by atoms with E-state index in [1.54, 1.807) is 11.8 Å². The molecule has 0 aromatic carbocycles. The Balaban J connectivity index is 2.20. The van der Waals surface area contributed by atoms with Crippen LogP contribution in [0.1, 0.15) is 13.3 Å². The van der Waals surface area contributed by atoms with Crippen LogP contribution >= 0.6 is 11.8 Å². The van der Waals surface area contributed by atoms with Gasteiger partial charge in [0.05, 0.1) is 5.25 Å². The molecule has 54 valence electrons. The van der Waals surface area contributed by atoms with Crippen LogP contribution in [0.5, 0.6) is 0 Å². The number of thioether (sulfide) groups is 1. The third kappa shape index (κ3) is 0.831. The van der Waals surface area contributed by atoms with Gasteiger partial charge in [-0.05, 0) is 12.5 Å². The van der Waals surface area contributed by atoms with E-state index in [2.05, 4.69) is 13.0 Å². The summed E-state index contributed by atoms with van der Waals surface area (Å²) in [7, 11) is 0. The van der Waals surface area contributed by atoms with Gasteiger partial charge in [-0.1, -0.05) is 24.6 Å². The van der Waals surface area contributed by atoms with Gasteiger partial charge in [0.25, 0.3) is 0 Å². The monoisotopic (exact) mass is 154 g/mol. The molecule has 1 heterocycles. The van der Waals surface area contributed by atoms with Gasteiger partial charge in [-0.15, -0.1) is 11.8 Å². The van der Waals surface area contributed by atoms with Crippen LogP contribution in [-0.2, 0) is 0 Å². The maximum atomic E-state index is 9.49. The molecule has 10 heavy (non-hydrogen) atoms. The van der Waals surface area contributed by atoms with Crippen LogP contribution in [0.3, 0.4) is 0 Å². The molecule has 2 unspecified atom stereocenters. The molecule has 0 bridgehead atoms. The van der Waals surface area contributed by atoms with Crippen molar-refractivity contribution in [3.05, 3.63) is 23.8 Å². The second kappa shape index (κ2) is 1.89. The zero-order chi connectivity index (χ0) is 7.19. The first kappa shape index (κ1) is 6.50. The van der Waals surface area contributed by atoms with Crippen LogP contribution < -0.4 is 0 Å². The van der Waals surface area contributed by atoms with E-state index in [4.69, 9.17) is 0 Å². The summed E-state index contributed by atoms with van der Waals surface area (Å²) in [6.45, 7) is 2.13. The molecule has 0 aromatic heterocycles. The topological polar surface area (TPSA) is 20.2 Å². The predicted octanol–water partition coefficient (Wildman–Crippen LogP) is 1.70. The van der Waals surface area contributed by atoms with E-state index in [0.29, 0.717) is 5.25 Å². The predicted molar refractivity (Wildman–Crippen MR) is 43.8 cm³/mol. The van der Waals surface area contributed by atoms with Crippen LogP contribution in [0.15, 0.2) is 23.8 Å². The first-order chi connectivity index (χ1) is 4.74. The van der Waals surface area contributed by atoms with E-state index in [1.165, 1.54) is 5.57 Å². The van der Waals surface area contributed by atoms with Gasteiger partial charge >= 0.3 is 0 Å². The minimum Gasteiger partial charge on any atom is -0.374 e. The highest BCUT2D eigenvalue weighted by molar-refractivity contribution is 8.08. The van der Waals surface area contributed by atoms with Crippen LogP contribution in [0, 0.1) is 0 Å². The molecule has 0 radical (unpaired) electrons. The van der Waals surface area contributed by atoms with Crippen molar-refractivity contribution < 1.29 is 5.11 Å². The van der Waals surface area contributed by atoms with Crippen molar-refractivity contribution in [2.75, 3.05) is 0 Å². The molecule has 0 saturated carbocycles. The fourth-order valence-electron chi connectivity index (χ4n) is 1.17. The van der Waals surface area contributed by atoms with Crippen LogP contribution in [0.2, 0.25) is 0 Å². The molecule has 2 heteroatoms. The van der Waals surface area contributed by atoms with Crippen LogP contribution in [0.4, 0.5) is 0 Å². The van der Waals surface area contributed by atoms with E-state index in [9.17, 15) is 5.11 Å². The summed E-state index contributed by atoms with van der Waals surface area (Å²) in [6.07, 6.45) is 7.16. The first-order valence-corrected chi connectivity index (χ1v) is 4.43. The first-order valence-electron chi connectivity index (χ1n) is 3.55. The summed E-state index contributed by atoms with van der Waals surface area (Å²) in [5, 5.41) is 9.85. The maximum absolute atomic E-state index is 9.49. The lowest BCUT2D eigenvalue weighted by Gasteiger charge is -2.05. The lowest BCUT2D eigenvalue weighted by molar-refractivity contribution is 0.228. The molecule has 2 aliphatic rings. The Morgan fingerprint density at radius 3 is 3.20 bits per heavy atom. The third-order valence-corrected chi connectivity index (χ3v) is 3.24. The van der Waals surface area contributed by atoms with Gasteiger partial charge in [0.1, 0.15) is 4.93 Å². The number of fused-ring (bicyclic) bond motifs is 1. The van der Waals surface area contributed by atoms with Gasteiger partial charge in [-0.25, -0.2) is 0 Å². The summed E-state index contributed by atoms with van der Waals surface area (Å²) < 4.78 is 0. The zero-order valence-electron chi connectivity index (χ0n) is 5.87. The molecule has 1 aliphatic heterocycles. The number of allylic oxidation sites excluding steroid dienone is 2. The standard InChI is InChI=1S/C8H10OS/c1-2-6-3-4-8(9)7(5-6)10-8/h3-5,7,9H,2H2,1H3. The van der Waals surface area contributed by atoms with Crippen molar-refractivity contribution in [1.82, 2.24) is 0 Å². The maximum Gasteiger partial charge on any atom is 0.145 e. The number of hydrogen-bond donors (Lipinski definition) is 1. The molecule has 1 fully saturated rings. The summed E-state index contributed by atoms with van der Waals surface area (Å²) in [5.74, 6) is 0. The molecule has 2 rings (SSSR count). The molecule has 1 N–H and O–H groups in total. The van der Waals surface area contributed by atoms with Crippen molar-refractivity contribution in [1.29, 1.82) is 0 Å². The quantitative estimate of drug-likeness (QED) is 0.580. The number of hydrogen-bond acceptors (Lipinski definition) is 2. The minimum absolute atomic E-state index is 0.354. The Kier molecular flexibility index (Phi) is 1.23. The van der Waals surface area contributed by atoms with Gasteiger partial charge in [0.15, 0.2) is 0 Å². The highest BCUT2D eigenvalue weighted by Crippen LogP contribution is 2.55. The summed E-state index contributed by atoms with van der Waals surface area (Å²) >= 11 is 1.61. The molecule has 0 spiro atoms. The zero-order valence-corrected chi connectivity index (χ0v) is 6.69. The van der Waals surface area contributed by atoms with Crippen LogP contribution in [-0.4, -0.2) is 15.3 Å². The Labute approximate surface area is 64.8 Å². The normalized spacial score (nSPS) is 42.6. The van der Waals surface area contributed by atoms with Crippen molar-refractivity contribution in [3.8, 4) is 0 Å². The van der Waals surface area contributed by atoms with E-state index in [-0.39, 0.29) is 0 Å². The third-order valence-electron chi connectivity index (χ3n) is 1.98. The van der Waals surface area contributed by atoms with Crippen molar-refractivity contribution in [2.24, 2.45) is 0 Å². The molecule has 0 amide bonds. The highest BCUT2D eigenvalue weighted by atomic mass is 32.2. The largest absolute Gasteiger partial charge is 0.374 e. The SMILES string of the molecule is CCC1=CC2SC2(O)C=C1. The van der Waals surface area contributed by atoms with Gasteiger partial charge in [-0.2, -0.15) is 0 Å². The second-order valence-electron chi connectivity index (χ2n) is 2.72. The summed E-state index contributed by atoms with van der Waals surface area (Å²) in [6, 6.07) is 0. The van der Waals surface area contributed by atoms with E-state index in [0.717, 1.165) is 6.42 Å². The van der Waals surface area contributed by atoms with Gasteiger partial charge in [0, 0.05) is 0 Å². The summed E-state index contributed by atoms with van der Waals surface area (Å²) in [5.41, 5.74) is 1.35. The van der Waals surface area contributed by atoms with Crippen molar-refractivity contribution in [2.45, 2.75) is 23.5 Å². The lowest BCUT2D eigenvalue weighted by Crippen LogP contribution is -2.10. The summed E-state index contributed by atoms with van der Waals surface area (Å²) in [4.78, 5) is -0.515. The molecule has 1 nitrogen and oxygen atoms in total. The number of aliphatic hydroxyl groups is 1. The fourth-order valence-corrected chi connectivity index (χ4v) is 2.04. The smallest absolute Gasteiger partial charge is 0.145 e. The van der Waals surface area contributed by atoms with Crippen molar-refractivity contribution in [3.63, 3.8) is 0 Å². The average molecular weight is 154 g/mol. The van der Waals surface area contributed by atoms with Gasteiger partial charge in [-0.3, -0.25) is 0 Å². The van der Waals surface area contributed by atoms with Crippen LogP contribution in [0.25, 0.3) is 0 Å². The molecular weight excluding hydrogens is 144 g/mol. The molecule has 1 aliphatic carbocycles. The molecule has 0 aromatic rings. The molecular formula is C8H10OS. The van der Waals surface area contributed by atoms with Gasteiger partial charge in [0.2, 0.25) is 0 Å². The van der Waals surface area contributed by atoms with E-state index >= 15 is 0 Å². The Hall–Kier alpha value is -0.210. The second-order valence-corrected chi connectivity index (χ2v) is 4.12. The Morgan fingerprint density at radius 1 is 1.80 bits per heavy atom. The van der Waals surface area contributed by atoms with Crippen molar-refractivity contribution >= 4 is 11.8 Å². The Morgan fingerprint density at radius 2 is 2.60 bits per heavy atom. The Bertz CT molecular complexity index is 219. The minimum atomic E-state index is -0.515. The van der Waals surface area contributed by atoms with E-state index < -0.39 is 4.93 Å². The molecule has 1 saturated heterocycles. The molecule has 2 atom stereocenters. The van der Waals surface area contributed by atoms with Gasteiger partial charge < -0.3 is 5.11 Å². The average Bonchev–Trinajstić information content (AvgIpc) is 2.59. The van der Waals surface area contributed by atoms with E-state index in [1.807, 2.05) is 12.2 Å². The fraction of sp³-hybridized carbons (Fsp3) is 0.500. The lowest BCUT2D eigenvalue weighted by atomic mass is 10.0. The highest BCUT2D eigenvalue weighted by Gasteiger charge is 2.52. The number of rotatable bonds is 1.